The van der Waals surface area contributed by atoms with Crippen molar-refractivity contribution in [3.05, 3.63) is 16.4 Å². The van der Waals surface area contributed by atoms with Crippen LogP contribution in [0.2, 0.25) is 0 Å². The standard InChI is InChI=1S/C20H25F3N4O4/c21-20(22,23)16-1-4-25-18(29)8-17(26-9-14-7-13(26)11-31-14)24-19(25)27(16)10-15(28)12-2-5-30-6-3-12/h8,12-14,16H,1-7,9-11H2/t13-,14-,16-/m0/s1. The van der Waals surface area contributed by atoms with E-state index < -0.39 is 24.3 Å². The number of ketones is 1. The van der Waals surface area contributed by atoms with Crippen molar-refractivity contribution in [2.75, 3.05) is 42.7 Å². The maximum Gasteiger partial charge on any atom is 0.408 e. The van der Waals surface area contributed by atoms with Crippen molar-refractivity contribution in [2.24, 2.45) is 5.92 Å². The lowest BCUT2D eigenvalue weighted by molar-refractivity contribution is -0.153. The topological polar surface area (TPSA) is 76.9 Å². The first-order chi connectivity index (χ1) is 14.8. The summed E-state index contributed by atoms with van der Waals surface area (Å²) in [6.07, 6.45) is -2.95. The van der Waals surface area contributed by atoms with Gasteiger partial charge in [0.25, 0.3) is 5.56 Å². The second-order valence-electron chi connectivity index (χ2n) is 8.73. The molecule has 4 aliphatic rings. The van der Waals surface area contributed by atoms with Crippen molar-refractivity contribution in [3.8, 4) is 0 Å². The predicted octanol–water partition coefficient (Wildman–Crippen LogP) is 1.36. The van der Waals surface area contributed by atoms with Crippen LogP contribution >= 0.6 is 0 Å². The van der Waals surface area contributed by atoms with Gasteiger partial charge in [-0.25, -0.2) is 0 Å². The molecule has 5 heterocycles. The molecule has 31 heavy (non-hydrogen) atoms. The van der Waals surface area contributed by atoms with Gasteiger partial charge in [-0.3, -0.25) is 14.2 Å². The second-order valence-corrected chi connectivity index (χ2v) is 8.73. The van der Waals surface area contributed by atoms with E-state index in [1.165, 1.54) is 10.6 Å². The number of morpholine rings is 1. The van der Waals surface area contributed by atoms with Crippen LogP contribution in [0.25, 0.3) is 0 Å². The first kappa shape index (κ1) is 20.7. The number of rotatable bonds is 4. The number of ether oxygens (including phenoxy) is 2. The van der Waals surface area contributed by atoms with E-state index in [2.05, 4.69) is 4.98 Å². The maximum atomic E-state index is 13.9. The third-order valence-electron chi connectivity index (χ3n) is 6.81. The first-order valence-electron chi connectivity index (χ1n) is 10.7. The van der Waals surface area contributed by atoms with Crippen LogP contribution in [-0.4, -0.2) is 72.6 Å². The van der Waals surface area contributed by atoms with Gasteiger partial charge in [-0.15, -0.1) is 0 Å². The lowest BCUT2D eigenvalue weighted by atomic mass is 9.94. The van der Waals surface area contributed by atoms with Crippen LogP contribution in [0.5, 0.6) is 0 Å². The minimum Gasteiger partial charge on any atom is -0.381 e. The predicted molar refractivity (Wildman–Crippen MR) is 104 cm³/mol. The summed E-state index contributed by atoms with van der Waals surface area (Å²) in [7, 11) is 0. The van der Waals surface area contributed by atoms with E-state index in [-0.39, 0.29) is 42.8 Å². The van der Waals surface area contributed by atoms with Crippen molar-refractivity contribution in [3.63, 3.8) is 0 Å². The van der Waals surface area contributed by atoms with Crippen molar-refractivity contribution in [1.29, 1.82) is 0 Å². The molecule has 0 N–H and O–H groups in total. The zero-order chi connectivity index (χ0) is 21.8. The van der Waals surface area contributed by atoms with E-state index in [9.17, 15) is 22.8 Å². The van der Waals surface area contributed by atoms with Gasteiger partial charge >= 0.3 is 6.18 Å². The Morgan fingerprint density at radius 3 is 2.65 bits per heavy atom. The van der Waals surface area contributed by atoms with Crippen molar-refractivity contribution in [2.45, 2.75) is 56.6 Å². The lowest BCUT2D eigenvalue weighted by Gasteiger charge is -2.40. The van der Waals surface area contributed by atoms with E-state index in [0.29, 0.717) is 45.0 Å². The Hall–Kier alpha value is -2.14. The molecular formula is C20H25F3N4O4. The van der Waals surface area contributed by atoms with Crippen LogP contribution in [0, 0.1) is 5.92 Å². The molecule has 170 valence electrons. The van der Waals surface area contributed by atoms with Crippen LogP contribution in [-0.2, 0) is 20.8 Å². The molecular weight excluding hydrogens is 417 g/mol. The summed E-state index contributed by atoms with van der Waals surface area (Å²) in [4.78, 5) is 33.1. The molecule has 3 saturated heterocycles. The number of anilines is 2. The van der Waals surface area contributed by atoms with Gasteiger partial charge < -0.3 is 19.3 Å². The Bertz CT molecular complexity index is 915. The van der Waals surface area contributed by atoms with E-state index in [0.717, 1.165) is 11.3 Å². The average molecular weight is 442 g/mol. The summed E-state index contributed by atoms with van der Waals surface area (Å²) in [5.74, 6) is -0.308. The molecule has 11 heteroatoms. The Morgan fingerprint density at radius 1 is 1.23 bits per heavy atom. The van der Waals surface area contributed by atoms with Gasteiger partial charge in [-0.05, 0) is 25.7 Å². The molecule has 2 bridgehead atoms. The Morgan fingerprint density at radius 2 is 2.00 bits per heavy atom. The third kappa shape index (κ3) is 3.82. The van der Waals surface area contributed by atoms with E-state index in [1.54, 1.807) is 0 Å². The SMILES string of the molecule is O=C(CN1c2nc(N3C[C@@H]4C[C@H]3CO4)cc(=O)n2CC[C@H]1C(F)(F)F)C1CCOCC1. The molecule has 0 amide bonds. The molecule has 4 aliphatic heterocycles. The first-order valence-corrected chi connectivity index (χ1v) is 10.7. The molecule has 3 atom stereocenters. The molecule has 0 aromatic carbocycles. The fraction of sp³-hybridized carbons (Fsp3) is 0.750. The van der Waals surface area contributed by atoms with E-state index in [4.69, 9.17) is 9.47 Å². The van der Waals surface area contributed by atoms with Crippen LogP contribution in [0.4, 0.5) is 24.9 Å². The normalized spacial score (nSPS) is 28.8. The van der Waals surface area contributed by atoms with Gasteiger partial charge in [0, 0.05) is 38.3 Å². The quantitative estimate of drug-likeness (QED) is 0.697. The van der Waals surface area contributed by atoms with Crippen molar-refractivity contribution in [1.82, 2.24) is 9.55 Å². The highest BCUT2D eigenvalue weighted by Gasteiger charge is 2.48. The summed E-state index contributed by atoms with van der Waals surface area (Å²) < 4.78 is 53.8. The molecule has 1 aromatic heterocycles. The highest BCUT2D eigenvalue weighted by Crippen LogP contribution is 2.36. The van der Waals surface area contributed by atoms with Crippen LogP contribution < -0.4 is 15.4 Å². The summed E-state index contributed by atoms with van der Waals surface area (Å²) in [5.41, 5.74) is -0.396. The van der Waals surface area contributed by atoms with E-state index in [1.807, 2.05) is 4.90 Å². The van der Waals surface area contributed by atoms with Gasteiger partial charge in [0.05, 0.1) is 25.3 Å². The second kappa shape index (κ2) is 7.77. The maximum absolute atomic E-state index is 13.9. The summed E-state index contributed by atoms with van der Waals surface area (Å²) in [6, 6.07) is -0.396. The summed E-state index contributed by atoms with van der Waals surface area (Å²) >= 11 is 0. The smallest absolute Gasteiger partial charge is 0.381 e. The van der Waals surface area contributed by atoms with Gasteiger partial charge in [0.2, 0.25) is 5.95 Å². The third-order valence-corrected chi connectivity index (χ3v) is 6.81. The Balaban J connectivity index is 1.49. The molecule has 0 saturated carbocycles. The molecule has 0 unspecified atom stereocenters. The number of Topliss-reactive ketones (excluding diaryl/α,β-unsaturated/α-hetero) is 1. The number of carbonyl (C=O) groups is 1. The zero-order valence-electron chi connectivity index (χ0n) is 17.0. The fourth-order valence-corrected chi connectivity index (χ4v) is 5.12. The highest BCUT2D eigenvalue weighted by molar-refractivity contribution is 5.85. The van der Waals surface area contributed by atoms with Crippen molar-refractivity contribution < 1.29 is 27.4 Å². The van der Waals surface area contributed by atoms with Gasteiger partial charge in [0.1, 0.15) is 11.9 Å². The number of nitrogens with zero attached hydrogens (tertiary/aromatic N) is 4. The molecule has 0 spiro atoms. The molecule has 5 rings (SSSR count). The fourth-order valence-electron chi connectivity index (χ4n) is 5.12. The molecule has 3 fully saturated rings. The number of hydrogen-bond acceptors (Lipinski definition) is 7. The minimum absolute atomic E-state index is 0.0553. The average Bonchev–Trinajstić information content (AvgIpc) is 3.37. The molecule has 8 nitrogen and oxygen atoms in total. The van der Waals surface area contributed by atoms with Crippen LogP contribution in [0.1, 0.15) is 25.7 Å². The number of carbonyl (C=O) groups excluding carboxylic acids is 1. The van der Waals surface area contributed by atoms with Crippen LogP contribution in [0.15, 0.2) is 10.9 Å². The monoisotopic (exact) mass is 442 g/mol. The summed E-state index contributed by atoms with van der Waals surface area (Å²) in [6.45, 7) is 1.43. The van der Waals surface area contributed by atoms with E-state index >= 15 is 0 Å². The summed E-state index contributed by atoms with van der Waals surface area (Å²) in [5, 5.41) is 0. The van der Waals surface area contributed by atoms with Gasteiger partial charge in [0.15, 0.2) is 5.78 Å². The number of hydrogen-bond donors (Lipinski definition) is 0. The number of alkyl halides is 3. The highest BCUT2D eigenvalue weighted by atomic mass is 19.4. The minimum atomic E-state index is -4.53. The number of fused-ring (bicyclic) bond motifs is 3. The van der Waals surface area contributed by atoms with Crippen molar-refractivity contribution >= 4 is 17.5 Å². The largest absolute Gasteiger partial charge is 0.408 e. The Labute approximate surface area is 176 Å². The lowest BCUT2D eigenvalue weighted by Crippen LogP contribution is -2.55. The molecule has 0 aliphatic carbocycles. The molecule has 0 radical (unpaired) electrons. The number of halogens is 3. The van der Waals surface area contributed by atoms with Gasteiger partial charge in [-0.1, -0.05) is 0 Å². The molecule has 1 aromatic rings. The van der Waals surface area contributed by atoms with Gasteiger partial charge in [-0.2, -0.15) is 18.2 Å². The van der Waals surface area contributed by atoms with Crippen LogP contribution in [0.3, 0.4) is 0 Å². The number of aromatic nitrogens is 2. The zero-order valence-corrected chi connectivity index (χ0v) is 17.0. The Kier molecular flexibility index (Phi) is 5.20.